The second-order valence-corrected chi connectivity index (χ2v) is 8.06. The molecule has 2 aliphatic rings. The topological polar surface area (TPSA) is 15.3 Å². The molecule has 0 amide bonds. The summed E-state index contributed by atoms with van der Waals surface area (Å²) in [6.45, 7) is 14.3. The van der Waals surface area contributed by atoms with Gasteiger partial charge in [-0.25, -0.2) is 0 Å². The molecule has 2 heteroatoms. The first kappa shape index (κ1) is 15.3. The van der Waals surface area contributed by atoms with Crippen LogP contribution >= 0.6 is 0 Å². The van der Waals surface area contributed by atoms with Crippen molar-refractivity contribution in [1.29, 1.82) is 0 Å². The Kier molecular flexibility index (Phi) is 5.30. The molecule has 2 nitrogen and oxygen atoms in total. The van der Waals surface area contributed by atoms with Crippen LogP contribution in [0.4, 0.5) is 0 Å². The summed E-state index contributed by atoms with van der Waals surface area (Å²) in [6, 6.07) is 0.915. The van der Waals surface area contributed by atoms with E-state index in [1.54, 1.807) is 0 Å². The van der Waals surface area contributed by atoms with Crippen LogP contribution in [0.15, 0.2) is 0 Å². The maximum absolute atomic E-state index is 3.65. The van der Waals surface area contributed by atoms with E-state index in [0.717, 1.165) is 31.0 Å². The van der Waals surface area contributed by atoms with Gasteiger partial charge in [0.25, 0.3) is 0 Å². The van der Waals surface area contributed by atoms with Gasteiger partial charge in [0, 0.05) is 19.1 Å². The van der Waals surface area contributed by atoms with Gasteiger partial charge >= 0.3 is 0 Å². The lowest BCUT2D eigenvalue weighted by Crippen LogP contribution is -2.49. The normalized spacial score (nSPS) is 28.9. The number of rotatable bonds is 6. The third kappa shape index (κ3) is 4.46. The number of piperidine rings is 1. The Morgan fingerprint density at radius 2 is 1.89 bits per heavy atom. The predicted octanol–water partition coefficient (Wildman–Crippen LogP) is 3.52. The van der Waals surface area contributed by atoms with Gasteiger partial charge in [-0.05, 0) is 56.0 Å². The molecule has 1 aliphatic carbocycles. The molecular weight excluding hydrogens is 232 g/mol. The third-order valence-electron chi connectivity index (χ3n) is 4.90. The molecule has 1 N–H and O–H groups in total. The fourth-order valence-electron chi connectivity index (χ4n) is 4.06. The minimum atomic E-state index is 0.402. The smallest absolute Gasteiger partial charge is 0.0124 e. The van der Waals surface area contributed by atoms with Crippen molar-refractivity contribution in [3.05, 3.63) is 0 Å². The van der Waals surface area contributed by atoms with Crippen LogP contribution in [0.1, 0.15) is 59.8 Å². The van der Waals surface area contributed by atoms with Crippen molar-refractivity contribution < 1.29 is 0 Å². The third-order valence-corrected chi connectivity index (χ3v) is 4.90. The van der Waals surface area contributed by atoms with E-state index in [1.807, 2.05) is 0 Å². The van der Waals surface area contributed by atoms with Crippen LogP contribution < -0.4 is 5.32 Å². The van der Waals surface area contributed by atoms with Crippen molar-refractivity contribution in [3.63, 3.8) is 0 Å². The molecule has 2 atom stereocenters. The Morgan fingerprint density at radius 3 is 2.63 bits per heavy atom. The Morgan fingerprint density at radius 1 is 1.16 bits per heavy atom. The molecule has 1 heterocycles. The molecule has 2 fully saturated rings. The van der Waals surface area contributed by atoms with E-state index in [1.165, 1.54) is 45.2 Å². The fraction of sp³-hybridized carbons (Fsp3) is 1.00. The zero-order valence-electron chi connectivity index (χ0n) is 13.5. The van der Waals surface area contributed by atoms with Crippen LogP contribution in [0.5, 0.6) is 0 Å². The second-order valence-electron chi connectivity index (χ2n) is 8.06. The molecule has 2 unspecified atom stereocenters. The predicted molar refractivity (Wildman–Crippen MR) is 83.4 cm³/mol. The van der Waals surface area contributed by atoms with Gasteiger partial charge in [-0.2, -0.15) is 0 Å². The highest BCUT2D eigenvalue weighted by molar-refractivity contribution is 4.91. The van der Waals surface area contributed by atoms with Crippen molar-refractivity contribution in [3.8, 4) is 0 Å². The van der Waals surface area contributed by atoms with E-state index in [9.17, 15) is 0 Å². The van der Waals surface area contributed by atoms with Gasteiger partial charge in [-0.1, -0.05) is 34.1 Å². The monoisotopic (exact) mass is 266 g/mol. The number of nitrogens with one attached hydrogen (secondary N) is 1. The summed E-state index contributed by atoms with van der Waals surface area (Å²) in [5, 5.41) is 3.65. The van der Waals surface area contributed by atoms with Gasteiger partial charge in [0.05, 0.1) is 0 Å². The van der Waals surface area contributed by atoms with Gasteiger partial charge in [0.15, 0.2) is 0 Å². The van der Waals surface area contributed by atoms with Crippen LogP contribution in [-0.2, 0) is 0 Å². The molecule has 0 radical (unpaired) electrons. The average molecular weight is 266 g/mol. The molecule has 1 aliphatic heterocycles. The quantitative estimate of drug-likeness (QED) is 0.791. The van der Waals surface area contributed by atoms with E-state index in [0.29, 0.717) is 5.41 Å². The maximum Gasteiger partial charge on any atom is 0.0124 e. The highest BCUT2D eigenvalue weighted by Crippen LogP contribution is 2.37. The van der Waals surface area contributed by atoms with Crippen LogP contribution in [0, 0.1) is 17.3 Å². The van der Waals surface area contributed by atoms with Crippen LogP contribution in [-0.4, -0.2) is 37.1 Å². The number of fused-ring (bicyclic) bond motifs is 1. The Bertz CT molecular complexity index is 272. The zero-order chi connectivity index (χ0) is 13.9. The molecule has 0 aromatic carbocycles. The summed E-state index contributed by atoms with van der Waals surface area (Å²) in [4.78, 5) is 2.82. The van der Waals surface area contributed by atoms with E-state index in [-0.39, 0.29) is 0 Å². The van der Waals surface area contributed by atoms with E-state index in [4.69, 9.17) is 0 Å². The minimum Gasteiger partial charge on any atom is -0.316 e. The number of hydrogen-bond donors (Lipinski definition) is 1. The summed E-state index contributed by atoms with van der Waals surface area (Å²) in [5.41, 5.74) is 0.402. The van der Waals surface area contributed by atoms with Gasteiger partial charge in [-0.15, -0.1) is 0 Å². The van der Waals surface area contributed by atoms with E-state index in [2.05, 4.69) is 37.9 Å². The lowest BCUT2D eigenvalue weighted by molar-refractivity contribution is 0.0709. The van der Waals surface area contributed by atoms with Gasteiger partial charge < -0.3 is 5.32 Å². The minimum absolute atomic E-state index is 0.402. The van der Waals surface area contributed by atoms with E-state index < -0.39 is 0 Å². The van der Waals surface area contributed by atoms with Crippen molar-refractivity contribution in [2.45, 2.75) is 65.8 Å². The van der Waals surface area contributed by atoms with Crippen molar-refractivity contribution >= 4 is 0 Å². The molecule has 0 bridgehead atoms. The lowest BCUT2D eigenvalue weighted by atomic mass is 9.87. The summed E-state index contributed by atoms with van der Waals surface area (Å²) >= 11 is 0. The SMILES string of the molecule is CC(C)CNCC(C)(C)CN1CCCC2CCCC21. The Labute approximate surface area is 120 Å². The van der Waals surface area contributed by atoms with Gasteiger partial charge in [-0.3, -0.25) is 4.90 Å². The molecule has 1 saturated heterocycles. The molecule has 1 saturated carbocycles. The van der Waals surface area contributed by atoms with Crippen LogP contribution in [0.2, 0.25) is 0 Å². The molecule has 0 aromatic heterocycles. The highest BCUT2D eigenvalue weighted by Gasteiger charge is 2.36. The van der Waals surface area contributed by atoms with Crippen LogP contribution in [0.25, 0.3) is 0 Å². The molecule has 0 spiro atoms. The Balaban J connectivity index is 1.81. The first-order valence-corrected chi connectivity index (χ1v) is 8.43. The molecule has 112 valence electrons. The molecule has 19 heavy (non-hydrogen) atoms. The first-order valence-electron chi connectivity index (χ1n) is 8.43. The largest absolute Gasteiger partial charge is 0.316 e. The Hall–Kier alpha value is -0.0800. The highest BCUT2D eigenvalue weighted by atomic mass is 15.2. The standard InChI is InChI=1S/C17H34N2/c1-14(2)11-18-12-17(3,4)13-19-10-6-8-15-7-5-9-16(15)19/h14-16,18H,5-13H2,1-4H3. The maximum atomic E-state index is 3.65. The first-order chi connectivity index (χ1) is 8.98. The zero-order valence-corrected chi connectivity index (χ0v) is 13.5. The van der Waals surface area contributed by atoms with Crippen molar-refractivity contribution in [1.82, 2.24) is 10.2 Å². The average Bonchev–Trinajstić information content (AvgIpc) is 2.76. The van der Waals surface area contributed by atoms with Gasteiger partial charge in [0.2, 0.25) is 0 Å². The van der Waals surface area contributed by atoms with Crippen molar-refractivity contribution in [2.24, 2.45) is 17.3 Å². The lowest BCUT2D eigenvalue weighted by Gasteiger charge is -2.42. The molecule has 2 rings (SSSR count). The van der Waals surface area contributed by atoms with Gasteiger partial charge in [0.1, 0.15) is 0 Å². The summed E-state index contributed by atoms with van der Waals surface area (Å²) in [6.07, 6.45) is 7.34. The van der Waals surface area contributed by atoms with Crippen LogP contribution in [0.3, 0.4) is 0 Å². The van der Waals surface area contributed by atoms with E-state index >= 15 is 0 Å². The summed E-state index contributed by atoms with van der Waals surface area (Å²) in [5.74, 6) is 1.78. The summed E-state index contributed by atoms with van der Waals surface area (Å²) in [7, 11) is 0. The van der Waals surface area contributed by atoms with Crippen molar-refractivity contribution in [2.75, 3.05) is 26.2 Å². The number of hydrogen-bond acceptors (Lipinski definition) is 2. The summed E-state index contributed by atoms with van der Waals surface area (Å²) < 4.78 is 0. The number of nitrogens with zero attached hydrogens (tertiary/aromatic N) is 1. The molecular formula is C17H34N2. The second kappa shape index (κ2) is 6.58. The molecule has 0 aromatic rings. The fourth-order valence-corrected chi connectivity index (χ4v) is 4.06. The number of likely N-dealkylation sites (tertiary alicyclic amines) is 1.